The highest BCUT2D eigenvalue weighted by Gasteiger charge is 2.28. The number of nitrogens with one attached hydrogen (secondary N) is 1. The maximum atomic E-state index is 13.5. The molecule has 3 aromatic carbocycles. The van der Waals surface area contributed by atoms with Crippen molar-refractivity contribution in [1.29, 1.82) is 0 Å². The second-order valence-corrected chi connectivity index (χ2v) is 11.0. The Morgan fingerprint density at radius 1 is 1.03 bits per heavy atom. The number of hydrogen-bond donors (Lipinski definition) is 1. The molecular weight excluding hydrogens is 470 g/mol. The molecule has 0 saturated carbocycles. The van der Waals surface area contributed by atoms with Gasteiger partial charge in [-0.15, -0.1) is 0 Å². The molecule has 4 rings (SSSR count). The zero-order valence-corrected chi connectivity index (χ0v) is 20.7. The molecule has 0 saturated heterocycles. The van der Waals surface area contributed by atoms with Crippen LogP contribution in [0.25, 0.3) is 10.2 Å². The molecule has 1 N–H and O–H groups in total. The van der Waals surface area contributed by atoms with E-state index < -0.39 is 22.5 Å². The van der Waals surface area contributed by atoms with Crippen LogP contribution in [0.1, 0.15) is 25.5 Å². The summed E-state index contributed by atoms with van der Waals surface area (Å²) < 4.78 is 30.5. The van der Waals surface area contributed by atoms with Gasteiger partial charge in [0, 0.05) is 11.7 Å². The third-order valence-corrected chi connectivity index (χ3v) is 8.11. The average Bonchev–Trinajstić information content (AvgIpc) is 3.13. The number of aromatic nitrogens is 1. The van der Waals surface area contributed by atoms with Crippen LogP contribution in [0.5, 0.6) is 0 Å². The Morgan fingerprint density at radius 3 is 2.38 bits per heavy atom. The average molecular weight is 496 g/mol. The molecule has 1 aromatic heterocycles. The monoisotopic (exact) mass is 495 g/mol. The van der Waals surface area contributed by atoms with Gasteiger partial charge in [0.25, 0.3) is 10.0 Å². The van der Waals surface area contributed by atoms with Gasteiger partial charge in [0.15, 0.2) is 0 Å². The quantitative estimate of drug-likeness (QED) is 0.399. The van der Waals surface area contributed by atoms with Crippen molar-refractivity contribution >= 4 is 48.9 Å². The SMILES string of the molecule is Cc1ccccc1N(CC(=O)Nc1ccc2c(c1)sc(=O)n2C(C)C)S(=O)(=O)c1ccccc1. The molecule has 7 nitrogen and oxygen atoms in total. The van der Waals surface area contributed by atoms with Crippen molar-refractivity contribution < 1.29 is 13.2 Å². The van der Waals surface area contributed by atoms with E-state index in [0.29, 0.717) is 11.4 Å². The maximum absolute atomic E-state index is 13.5. The lowest BCUT2D eigenvalue weighted by molar-refractivity contribution is -0.114. The van der Waals surface area contributed by atoms with Gasteiger partial charge in [-0.25, -0.2) is 8.42 Å². The highest BCUT2D eigenvalue weighted by atomic mass is 32.2. The van der Waals surface area contributed by atoms with Crippen molar-refractivity contribution in [2.45, 2.75) is 31.7 Å². The van der Waals surface area contributed by atoms with Gasteiger partial charge in [-0.3, -0.25) is 18.5 Å². The predicted octanol–water partition coefficient (Wildman–Crippen LogP) is 4.79. The number of carbonyl (C=O) groups is 1. The first kappa shape index (κ1) is 23.7. The van der Waals surface area contributed by atoms with Crippen LogP contribution in [0.2, 0.25) is 0 Å². The topological polar surface area (TPSA) is 88.5 Å². The minimum Gasteiger partial charge on any atom is -0.324 e. The lowest BCUT2D eigenvalue weighted by atomic mass is 10.2. The number of amides is 1. The summed E-state index contributed by atoms with van der Waals surface area (Å²) in [6.45, 7) is 5.28. The first-order chi connectivity index (χ1) is 16.2. The molecule has 176 valence electrons. The number of rotatable bonds is 7. The van der Waals surface area contributed by atoms with Crippen molar-refractivity contribution in [3.63, 3.8) is 0 Å². The Labute approximate surface area is 202 Å². The minimum absolute atomic E-state index is 0.0209. The molecule has 0 spiro atoms. The van der Waals surface area contributed by atoms with Crippen molar-refractivity contribution in [1.82, 2.24) is 4.57 Å². The van der Waals surface area contributed by atoms with Crippen LogP contribution in [-0.2, 0) is 14.8 Å². The number of thiazole rings is 1. The number of fused-ring (bicyclic) bond motifs is 1. The summed E-state index contributed by atoms with van der Waals surface area (Å²) in [4.78, 5) is 25.4. The second kappa shape index (κ2) is 9.44. The molecule has 0 aliphatic heterocycles. The largest absolute Gasteiger partial charge is 0.324 e. The minimum atomic E-state index is -3.98. The normalized spacial score (nSPS) is 11.6. The molecule has 0 fully saturated rings. The molecule has 9 heteroatoms. The molecular formula is C25H25N3O4S2. The molecule has 4 aromatic rings. The van der Waals surface area contributed by atoms with E-state index in [4.69, 9.17) is 0 Å². The Bertz CT molecular complexity index is 1510. The number of nitrogens with zero attached hydrogens (tertiary/aromatic N) is 2. The summed E-state index contributed by atoms with van der Waals surface area (Å²) in [6.07, 6.45) is 0. The van der Waals surface area contributed by atoms with Crippen LogP contribution >= 0.6 is 11.3 Å². The number of benzene rings is 3. The molecule has 0 aliphatic carbocycles. The van der Waals surface area contributed by atoms with Gasteiger partial charge < -0.3 is 5.32 Å². The van der Waals surface area contributed by atoms with Crippen LogP contribution in [0, 0.1) is 6.92 Å². The van der Waals surface area contributed by atoms with Crippen LogP contribution in [0.4, 0.5) is 11.4 Å². The third kappa shape index (κ3) is 4.62. The molecule has 1 heterocycles. The van der Waals surface area contributed by atoms with Crippen molar-refractivity contribution in [3.05, 3.63) is 88.0 Å². The van der Waals surface area contributed by atoms with E-state index in [1.54, 1.807) is 66.1 Å². The van der Waals surface area contributed by atoms with Gasteiger partial charge in [-0.2, -0.15) is 0 Å². The highest BCUT2D eigenvalue weighted by molar-refractivity contribution is 7.92. The fourth-order valence-corrected chi connectivity index (χ4v) is 6.36. The number of hydrogen-bond acceptors (Lipinski definition) is 5. The Kier molecular flexibility index (Phi) is 6.58. The molecule has 0 radical (unpaired) electrons. The summed E-state index contributed by atoms with van der Waals surface area (Å²) >= 11 is 1.11. The number of aryl methyl sites for hydroxylation is 1. The second-order valence-electron chi connectivity index (χ2n) is 8.17. The zero-order chi connectivity index (χ0) is 24.5. The van der Waals surface area contributed by atoms with Crippen LogP contribution in [0.15, 0.2) is 82.5 Å². The Hall–Kier alpha value is -3.43. The molecule has 1 amide bonds. The smallest absolute Gasteiger partial charge is 0.308 e. The summed E-state index contributed by atoms with van der Waals surface area (Å²) in [6, 6.07) is 20.4. The lowest BCUT2D eigenvalue weighted by Crippen LogP contribution is -2.38. The Balaban J connectivity index is 1.65. The number of carbonyl (C=O) groups excluding carboxylic acids is 1. The molecule has 0 aliphatic rings. The molecule has 0 unspecified atom stereocenters. The van der Waals surface area contributed by atoms with Gasteiger partial charge in [0.1, 0.15) is 6.54 Å². The summed E-state index contributed by atoms with van der Waals surface area (Å²) in [5.74, 6) is -0.488. The standard InChI is InChI=1S/C25H25N3O4S2/c1-17(2)28-22-14-13-19(15-23(22)33-25(28)30)26-24(29)16-27(21-12-8-7-9-18(21)3)34(31,32)20-10-5-4-6-11-20/h4-15,17H,16H2,1-3H3,(H,26,29). The van der Waals surface area contributed by atoms with Gasteiger partial charge in [-0.05, 0) is 62.7 Å². The third-order valence-electron chi connectivity index (χ3n) is 5.42. The van der Waals surface area contributed by atoms with Crippen molar-refractivity contribution in [2.75, 3.05) is 16.2 Å². The summed E-state index contributed by atoms with van der Waals surface area (Å²) in [5.41, 5.74) is 2.47. The van der Waals surface area contributed by atoms with Crippen molar-refractivity contribution in [3.8, 4) is 0 Å². The fraction of sp³-hybridized carbons (Fsp3) is 0.200. The predicted molar refractivity (Wildman–Crippen MR) is 137 cm³/mol. The van der Waals surface area contributed by atoms with Gasteiger partial charge in [0.2, 0.25) is 5.91 Å². The van der Waals surface area contributed by atoms with E-state index in [1.807, 2.05) is 19.9 Å². The van der Waals surface area contributed by atoms with E-state index in [1.165, 1.54) is 12.1 Å². The number of anilines is 2. The Morgan fingerprint density at radius 2 is 1.71 bits per heavy atom. The first-order valence-corrected chi connectivity index (χ1v) is 13.0. The number of sulfonamides is 1. The molecule has 0 atom stereocenters. The van der Waals surface area contributed by atoms with Gasteiger partial charge >= 0.3 is 4.87 Å². The van der Waals surface area contributed by atoms with Gasteiger partial charge in [-0.1, -0.05) is 47.7 Å². The molecule has 34 heavy (non-hydrogen) atoms. The maximum Gasteiger partial charge on any atom is 0.308 e. The van der Waals surface area contributed by atoms with E-state index in [2.05, 4.69) is 5.32 Å². The summed E-state index contributed by atoms with van der Waals surface area (Å²) in [7, 11) is -3.98. The fourth-order valence-electron chi connectivity index (χ4n) is 3.80. The van der Waals surface area contributed by atoms with E-state index in [9.17, 15) is 18.0 Å². The number of para-hydroxylation sites is 1. The van der Waals surface area contributed by atoms with Crippen molar-refractivity contribution in [2.24, 2.45) is 0 Å². The van der Waals surface area contributed by atoms with E-state index in [-0.39, 0.29) is 15.8 Å². The van der Waals surface area contributed by atoms with Crippen LogP contribution in [-0.4, -0.2) is 25.4 Å². The van der Waals surface area contributed by atoms with Crippen LogP contribution in [0.3, 0.4) is 0 Å². The summed E-state index contributed by atoms with van der Waals surface area (Å²) in [5, 5.41) is 2.79. The lowest BCUT2D eigenvalue weighted by Gasteiger charge is -2.25. The first-order valence-electron chi connectivity index (χ1n) is 10.8. The van der Waals surface area contributed by atoms with E-state index >= 15 is 0 Å². The molecule has 0 bridgehead atoms. The van der Waals surface area contributed by atoms with Crippen LogP contribution < -0.4 is 14.5 Å². The highest BCUT2D eigenvalue weighted by Crippen LogP contribution is 2.27. The van der Waals surface area contributed by atoms with E-state index in [0.717, 1.165) is 31.4 Å². The van der Waals surface area contributed by atoms with Gasteiger partial charge in [0.05, 0.1) is 20.8 Å². The zero-order valence-electron chi connectivity index (χ0n) is 19.1.